The number of hydrogen-bond acceptors (Lipinski definition) is 4. The lowest BCUT2D eigenvalue weighted by molar-refractivity contribution is -0.135. The maximum Gasteiger partial charge on any atom is 0.337 e. The number of nitrogens with zero attached hydrogens (tertiary/aromatic N) is 1. The van der Waals surface area contributed by atoms with Crippen LogP contribution in [-0.4, -0.2) is 29.7 Å². The normalized spacial score (nSPS) is 20.6. The first-order valence-electron chi connectivity index (χ1n) is 11.4. The minimum absolute atomic E-state index is 0.0735. The highest BCUT2D eigenvalue weighted by Crippen LogP contribution is 2.28. The molecule has 0 saturated heterocycles. The van der Waals surface area contributed by atoms with Gasteiger partial charge in [0.05, 0.1) is 19.2 Å². The van der Waals surface area contributed by atoms with Crippen molar-refractivity contribution in [2.75, 3.05) is 7.11 Å². The number of ether oxygens (including phenoxy) is 1. The first kappa shape index (κ1) is 25.3. The maximum atomic E-state index is 14.9. The molecule has 180 valence electrons. The van der Waals surface area contributed by atoms with Gasteiger partial charge in [-0.2, -0.15) is 0 Å². The molecule has 2 aliphatic rings. The zero-order valence-electron chi connectivity index (χ0n) is 19.6. The molecular formula is C27H29F2NO4. The lowest BCUT2D eigenvalue weighted by atomic mass is 9.85. The monoisotopic (exact) mass is 469 g/mol. The van der Waals surface area contributed by atoms with Crippen molar-refractivity contribution in [2.45, 2.75) is 46.1 Å². The van der Waals surface area contributed by atoms with Crippen LogP contribution in [0.2, 0.25) is 0 Å². The topological polar surface area (TPSA) is 63.7 Å². The van der Waals surface area contributed by atoms with Crippen LogP contribution in [0.4, 0.5) is 8.78 Å². The van der Waals surface area contributed by atoms with Crippen molar-refractivity contribution in [1.29, 1.82) is 0 Å². The molecule has 3 rings (SSSR count). The summed E-state index contributed by atoms with van der Waals surface area (Å²) >= 11 is 0. The van der Waals surface area contributed by atoms with Gasteiger partial charge in [0.25, 0.3) is 5.91 Å². The maximum absolute atomic E-state index is 14.9. The zero-order valence-corrected chi connectivity index (χ0v) is 19.6. The molecule has 2 atom stereocenters. The van der Waals surface area contributed by atoms with Gasteiger partial charge in [-0.15, -0.1) is 0 Å². The second-order valence-electron chi connectivity index (χ2n) is 8.58. The number of carbonyl (C=O) groups excluding carboxylic acids is 3. The fourth-order valence-corrected chi connectivity index (χ4v) is 4.21. The second-order valence-corrected chi connectivity index (χ2v) is 8.58. The Balaban J connectivity index is 1.72. The van der Waals surface area contributed by atoms with Crippen LogP contribution in [-0.2, 0) is 32.1 Å². The molecule has 34 heavy (non-hydrogen) atoms. The van der Waals surface area contributed by atoms with E-state index in [1.807, 2.05) is 19.9 Å². The molecule has 0 N–H and O–H groups in total. The Bertz CT molecular complexity index is 1100. The van der Waals surface area contributed by atoms with Crippen molar-refractivity contribution in [2.24, 2.45) is 11.8 Å². The van der Waals surface area contributed by atoms with Crippen molar-refractivity contribution in [1.82, 2.24) is 4.90 Å². The van der Waals surface area contributed by atoms with Gasteiger partial charge in [0, 0.05) is 23.8 Å². The smallest absolute Gasteiger partial charge is 0.337 e. The van der Waals surface area contributed by atoms with Crippen LogP contribution in [0.25, 0.3) is 0 Å². The fourth-order valence-electron chi connectivity index (χ4n) is 4.21. The van der Waals surface area contributed by atoms with E-state index in [1.165, 1.54) is 36.3 Å². The molecule has 1 heterocycles. The van der Waals surface area contributed by atoms with Gasteiger partial charge in [-0.3, -0.25) is 9.59 Å². The molecule has 0 spiro atoms. The fraction of sp³-hybridized carbons (Fsp3) is 0.370. The molecular weight excluding hydrogens is 440 g/mol. The number of methoxy groups -OCH3 is 1. The molecule has 1 aromatic rings. The number of esters is 1. The van der Waals surface area contributed by atoms with Gasteiger partial charge >= 0.3 is 5.97 Å². The summed E-state index contributed by atoms with van der Waals surface area (Å²) in [5.74, 6) is -3.67. The number of carbonyl (C=O) groups is 3. The number of aryl methyl sites for hydroxylation is 1. The summed E-state index contributed by atoms with van der Waals surface area (Å²) in [5, 5.41) is 0. The molecule has 0 aromatic heterocycles. The Hall–Kier alpha value is -3.35. The average molecular weight is 470 g/mol. The van der Waals surface area contributed by atoms with Gasteiger partial charge in [-0.05, 0) is 49.3 Å². The number of allylic oxidation sites excluding steroid dienone is 4. The van der Waals surface area contributed by atoms with E-state index in [-0.39, 0.29) is 41.7 Å². The zero-order chi connectivity index (χ0) is 24.8. The van der Waals surface area contributed by atoms with Crippen LogP contribution in [0.1, 0.15) is 44.2 Å². The second kappa shape index (κ2) is 11.2. The Morgan fingerprint density at radius 1 is 1.15 bits per heavy atom. The molecule has 1 amide bonds. The Kier molecular flexibility index (Phi) is 8.31. The minimum Gasteiger partial charge on any atom is -0.465 e. The van der Waals surface area contributed by atoms with Crippen LogP contribution in [0.3, 0.4) is 0 Å². The number of rotatable bonds is 7. The summed E-state index contributed by atoms with van der Waals surface area (Å²) in [6, 6.07) is 2.99. The first-order chi connectivity index (χ1) is 16.2. The summed E-state index contributed by atoms with van der Waals surface area (Å²) in [7, 11) is 1.27. The van der Waals surface area contributed by atoms with E-state index in [2.05, 4.69) is 0 Å². The van der Waals surface area contributed by atoms with Gasteiger partial charge < -0.3 is 9.64 Å². The molecule has 1 aliphatic heterocycles. The van der Waals surface area contributed by atoms with E-state index in [0.29, 0.717) is 18.4 Å². The van der Waals surface area contributed by atoms with Crippen molar-refractivity contribution in [3.63, 3.8) is 0 Å². The highest BCUT2D eigenvalue weighted by molar-refractivity contribution is 5.98. The summed E-state index contributed by atoms with van der Waals surface area (Å²) < 4.78 is 34.5. The van der Waals surface area contributed by atoms with E-state index in [9.17, 15) is 23.2 Å². The number of halogens is 2. The van der Waals surface area contributed by atoms with Crippen LogP contribution in [0.15, 0.2) is 59.9 Å². The molecule has 2 unspecified atom stereocenters. The molecule has 0 saturated carbocycles. The van der Waals surface area contributed by atoms with E-state index < -0.39 is 23.5 Å². The largest absolute Gasteiger partial charge is 0.465 e. The van der Waals surface area contributed by atoms with Crippen LogP contribution in [0.5, 0.6) is 0 Å². The summed E-state index contributed by atoms with van der Waals surface area (Å²) in [6.45, 7) is 3.70. The van der Waals surface area contributed by atoms with E-state index in [0.717, 1.165) is 12.0 Å². The highest BCUT2D eigenvalue weighted by Gasteiger charge is 2.27. The van der Waals surface area contributed by atoms with Crippen molar-refractivity contribution < 1.29 is 27.9 Å². The Morgan fingerprint density at radius 2 is 1.85 bits per heavy atom. The Labute approximate surface area is 198 Å². The Morgan fingerprint density at radius 3 is 2.56 bits per heavy atom. The highest BCUT2D eigenvalue weighted by atomic mass is 19.2. The predicted octanol–water partition coefficient (Wildman–Crippen LogP) is 4.97. The number of amides is 1. The third kappa shape index (κ3) is 5.76. The average Bonchev–Trinajstić information content (AvgIpc) is 3.09. The van der Waals surface area contributed by atoms with Crippen LogP contribution < -0.4 is 0 Å². The quantitative estimate of drug-likeness (QED) is 0.529. The number of ketones is 1. The summed E-state index contributed by atoms with van der Waals surface area (Å²) in [6.07, 6.45) is 11.3. The van der Waals surface area contributed by atoms with Crippen molar-refractivity contribution >= 4 is 17.7 Å². The van der Waals surface area contributed by atoms with E-state index >= 15 is 0 Å². The van der Waals surface area contributed by atoms with Gasteiger partial charge in [-0.1, -0.05) is 43.7 Å². The van der Waals surface area contributed by atoms with Crippen molar-refractivity contribution in [3.8, 4) is 0 Å². The summed E-state index contributed by atoms with van der Waals surface area (Å²) in [4.78, 5) is 38.1. The molecule has 1 aliphatic carbocycles. The molecule has 1 aromatic carbocycles. The third-order valence-corrected chi connectivity index (χ3v) is 6.33. The SMILES string of the molecule is CCC1=CC(=O)N(Cc2ccc(CCC3C(=O)C=CC(C(=O)OC)=CC3C)c(F)c2F)C=CC1. The van der Waals surface area contributed by atoms with E-state index in [4.69, 9.17) is 4.74 Å². The number of benzene rings is 1. The molecule has 0 radical (unpaired) electrons. The van der Waals surface area contributed by atoms with Gasteiger partial charge in [0.2, 0.25) is 0 Å². The van der Waals surface area contributed by atoms with Gasteiger partial charge in [0.1, 0.15) is 0 Å². The molecule has 7 heteroatoms. The first-order valence-corrected chi connectivity index (χ1v) is 11.4. The minimum atomic E-state index is -0.990. The van der Waals surface area contributed by atoms with Crippen LogP contribution >= 0.6 is 0 Å². The molecule has 0 bridgehead atoms. The van der Waals surface area contributed by atoms with E-state index in [1.54, 1.807) is 18.4 Å². The lowest BCUT2D eigenvalue weighted by Crippen LogP contribution is -2.24. The van der Waals surface area contributed by atoms with Gasteiger partial charge in [0.15, 0.2) is 17.4 Å². The molecule has 5 nitrogen and oxygen atoms in total. The van der Waals surface area contributed by atoms with Gasteiger partial charge in [-0.25, -0.2) is 13.6 Å². The predicted molar refractivity (Wildman–Crippen MR) is 124 cm³/mol. The number of hydrogen-bond donors (Lipinski definition) is 0. The van der Waals surface area contributed by atoms with Crippen molar-refractivity contribution in [3.05, 3.63) is 82.6 Å². The standard InChI is InChI=1S/C27H29F2NO4/c1-4-18-6-5-13-30(24(32)15-18)16-21-8-7-19(25(28)26(21)29)9-11-22-17(2)14-20(27(33)34-3)10-12-23(22)31/h5,7-8,10,12-15,17,22H,4,6,9,11,16H2,1-3H3. The summed E-state index contributed by atoms with van der Waals surface area (Å²) in [5.41, 5.74) is 1.53. The lowest BCUT2D eigenvalue weighted by Gasteiger charge is -2.19. The van der Waals surface area contributed by atoms with Crippen LogP contribution in [0, 0.1) is 23.5 Å². The molecule has 0 fully saturated rings. The third-order valence-electron chi connectivity index (χ3n) is 6.33.